The van der Waals surface area contributed by atoms with Crippen molar-refractivity contribution in [3.63, 3.8) is 0 Å². The summed E-state index contributed by atoms with van der Waals surface area (Å²) < 4.78 is 0. The Morgan fingerprint density at radius 2 is 1.63 bits per heavy atom. The molecule has 3 amide bonds. The van der Waals surface area contributed by atoms with E-state index < -0.39 is 17.4 Å². The van der Waals surface area contributed by atoms with Gasteiger partial charge in [0.2, 0.25) is 11.8 Å². The molecule has 30 heavy (non-hydrogen) atoms. The van der Waals surface area contributed by atoms with Gasteiger partial charge in [-0.2, -0.15) is 0 Å². The highest BCUT2D eigenvalue weighted by atomic mass is 16.2. The highest BCUT2D eigenvalue weighted by molar-refractivity contribution is 6.12. The molecule has 0 bridgehead atoms. The van der Waals surface area contributed by atoms with Crippen molar-refractivity contribution in [2.75, 3.05) is 10.2 Å². The molecule has 2 aromatic rings. The van der Waals surface area contributed by atoms with Crippen LogP contribution in [0, 0.1) is 0 Å². The van der Waals surface area contributed by atoms with Crippen molar-refractivity contribution in [3.8, 4) is 0 Å². The molecule has 0 saturated heterocycles. The Morgan fingerprint density at radius 1 is 1.00 bits per heavy atom. The number of rotatable bonds is 6. The largest absolute Gasteiger partial charge is 0.338 e. The van der Waals surface area contributed by atoms with Gasteiger partial charge in [0, 0.05) is 29.8 Å². The van der Waals surface area contributed by atoms with E-state index in [2.05, 4.69) is 10.6 Å². The Balaban J connectivity index is 1.94. The number of hydrogen-bond acceptors (Lipinski definition) is 4. The summed E-state index contributed by atoms with van der Waals surface area (Å²) >= 11 is 0. The van der Waals surface area contributed by atoms with Crippen molar-refractivity contribution in [2.45, 2.75) is 45.7 Å². The van der Waals surface area contributed by atoms with Gasteiger partial charge in [-0.3, -0.25) is 19.2 Å². The molecule has 0 fully saturated rings. The Bertz CT molecular complexity index is 1010. The molecule has 7 nitrogen and oxygen atoms in total. The van der Waals surface area contributed by atoms with Gasteiger partial charge in [0.1, 0.15) is 0 Å². The zero-order valence-corrected chi connectivity index (χ0v) is 17.5. The van der Waals surface area contributed by atoms with Crippen LogP contribution in [0.15, 0.2) is 48.5 Å². The second-order valence-corrected chi connectivity index (χ2v) is 7.73. The Kier molecular flexibility index (Phi) is 5.73. The topological polar surface area (TPSA) is 95.6 Å². The van der Waals surface area contributed by atoms with Gasteiger partial charge in [0.05, 0.1) is 12.1 Å². The smallest absolute Gasteiger partial charge is 0.258 e. The van der Waals surface area contributed by atoms with E-state index in [4.69, 9.17) is 0 Å². The van der Waals surface area contributed by atoms with Crippen molar-refractivity contribution >= 4 is 34.9 Å². The first-order valence-corrected chi connectivity index (χ1v) is 9.78. The summed E-state index contributed by atoms with van der Waals surface area (Å²) in [6.07, 6.45) is -0.250. The summed E-state index contributed by atoms with van der Waals surface area (Å²) in [5.41, 5.74) is 0.847. The first-order valence-electron chi connectivity index (χ1n) is 9.78. The van der Waals surface area contributed by atoms with Crippen LogP contribution in [0.1, 0.15) is 50.0 Å². The monoisotopic (exact) mass is 407 g/mol. The molecule has 1 aliphatic heterocycles. The maximum atomic E-state index is 13.5. The van der Waals surface area contributed by atoms with E-state index in [0.29, 0.717) is 22.5 Å². The molecule has 0 aromatic heterocycles. The zero-order chi connectivity index (χ0) is 22.1. The van der Waals surface area contributed by atoms with Gasteiger partial charge in [0.15, 0.2) is 11.3 Å². The average molecular weight is 407 g/mol. The van der Waals surface area contributed by atoms with E-state index in [1.807, 2.05) is 26.0 Å². The second kappa shape index (κ2) is 8.10. The minimum absolute atomic E-state index is 0.0700. The number of para-hydroxylation sites is 1. The second-order valence-electron chi connectivity index (χ2n) is 7.73. The molecular formula is C23H25N3O4. The molecule has 3 rings (SSSR count). The highest BCUT2D eigenvalue weighted by Gasteiger charge is 2.53. The van der Waals surface area contributed by atoms with Crippen molar-refractivity contribution in [2.24, 2.45) is 0 Å². The fraction of sp³-hybridized carbons (Fsp3) is 0.304. The molecule has 1 heterocycles. The van der Waals surface area contributed by atoms with Crippen molar-refractivity contribution in [1.82, 2.24) is 5.32 Å². The lowest BCUT2D eigenvalue weighted by molar-refractivity contribution is -0.133. The fourth-order valence-electron chi connectivity index (χ4n) is 3.86. The van der Waals surface area contributed by atoms with Gasteiger partial charge in [0.25, 0.3) is 5.91 Å². The first kappa shape index (κ1) is 21.2. The summed E-state index contributed by atoms with van der Waals surface area (Å²) in [4.78, 5) is 51.4. The van der Waals surface area contributed by atoms with E-state index in [1.165, 1.54) is 13.8 Å². The van der Waals surface area contributed by atoms with Crippen LogP contribution in [0.25, 0.3) is 0 Å². The lowest BCUT2D eigenvalue weighted by atomic mass is 9.87. The number of fused-ring (bicyclic) bond motifs is 1. The lowest BCUT2D eigenvalue weighted by Gasteiger charge is -2.30. The number of Topliss-reactive ketones (excluding diaryl/α,β-unsaturated/α-hetero) is 1. The average Bonchev–Trinajstić information content (AvgIpc) is 2.90. The molecule has 156 valence electrons. The molecule has 1 atom stereocenters. The number of nitrogens with zero attached hydrogens (tertiary/aromatic N) is 1. The summed E-state index contributed by atoms with van der Waals surface area (Å²) in [5, 5.41) is 5.51. The van der Waals surface area contributed by atoms with Gasteiger partial charge in [-0.05, 0) is 51.1 Å². The summed E-state index contributed by atoms with van der Waals surface area (Å²) in [6.45, 7) is 6.56. The predicted molar refractivity (Wildman–Crippen MR) is 114 cm³/mol. The minimum atomic E-state index is -1.48. The SMILES string of the molecule is CC(=O)NC1(CC(=O)Nc2ccc(C(C)=O)cc2)C(=O)N(C(C)C)c2ccccc21. The first-order chi connectivity index (χ1) is 14.2. The number of benzene rings is 2. The number of carbonyl (C=O) groups excluding carboxylic acids is 4. The van der Waals surface area contributed by atoms with Gasteiger partial charge < -0.3 is 15.5 Å². The number of hydrogen-bond donors (Lipinski definition) is 2. The predicted octanol–water partition coefficient (Wildman–Crippen LogP) is 3.00. The van der Waals surface area contributed by atoms with E-state index in [-0.39, 0.29) is 24.2 Å². The summed E-state index contributed by atoms with van der Waals surface area (Å²) in [6, 6.07) is 13.5. The molecule has 1 aliphatic rings. The third-order valence-electron chi connectivity index (χ3n) is 5.11. The standard InChI is InChI=1S/C23H25N3O4/c1-14(2)26-20-8-6-5-7-19(20)23(22(26)30,25-16(4)28)13-21(29)24-18-11-9-17(10-12-18)15(3)27/h5-12,14H,13H2,1-4H3,(H,24,29)(H,25,28). The van der Waals surface area contributed by atoms with Gasteiger partial charge in [-0.25, -0.2) is 0 Å². The Hall–Kier alpha value is -3.48. The van der Waals surface area contributed by atoms with Gasteiger partial charge in [-0.15, -0.1) is 0 Å². The lowest BCUT2D eigenvalue weighted by Crippen LogP contribution is -2.55. The third kappa shape index (κ3) is 3.83. The summed E-state index contributed by atoms with van der Waals surface area (Å²) in [5.74, 6) is -1.23. The van der Waals surface area contributed by atoms with Crippen molar-refractivity contribution in [1.29, 1.82) is 0 Å². The van der Waals surface area contributed by atoms with Crippen LogP contribution in [0.5, 0.6) is 0 Å². The van der Waals surface area contributed by atoms with E-state index in [1.54, 1.807) is 41.3 Å². The molecule has 1 unspecified atom stereocenters. The third-order valence-corrected chi connectivity index (χ3v) is 5.11. The normalized spacial score (nSPS) is 17.6. The van der Waals surface area contributed by atoms with Crippen LogP contribution >= 0.6 is 0 Å². The highest BCUT2D eigenvalue weighted by Crippen LogP contribution is 2.43. The van der Waals surface area contributed by atoms with E-state index >= 15 is 0 Å². The van der Waals surface area contributed by atoms with E-state index in [0.717, 1.165) is 0 Å². The number of ketones is 1. The maximum absolute atomic E-state index is 13.5. The van der Waals surface area contributed by atoms with Crippen LogP contribution in [0.4, 0.5) is 11.4 Å². The number of carbonyl (C=O) groups is 4. The van der Waals surface area contributed by atoms with Crippen LogP contribution in [0.2, 0.25) is 0 Å². The summed E-state index contributed by atoms with van der Waals surface area (Å²) in [7, 11) is 0. The Labute approximate surface area is 175 Å². The Morgan fingerprint density at radius 3 is 2.20 bits per heavy atom. The van der Waals surface area contributed by atoms with E-state index in [9.17, 15) is 19.2 Å². The van der Waals surface area contributed by atoms with Crippen molar-refractivity contribution in [3.05, 3.63) is 59.7 Å². The number of amides is 3. The van der Waals surface area contributed by atoms with Crippen LogP contribution in [-0.4, -0.2) is 29.5 Å². The van der Waals surface area contributed by atoms with Gasteiger partial charge in [-0.1, -0.05) is 18.2 Å². The number of anilines is 2. The van der Waals surface area contributed by atoms with Crippen LogP contribution in [0.3, 0.4) is 0 Å². The van der Waals surface area contributed by atoms with Gasteiger partial charge >= 0.3 is 0 Å². The molecule has 2 N–H and O–H groups in total. The molecule has 7 heteroatoms. The fourth-order valence-corrected chi connectivity index (χ4v) is 3.86. The molecular weight excluding hydrogens is 382 g/mol. The molecule has 2 aromatic carbocycles. The molecule has 0 saturated carbocycles. The molecule has 0 radical (unpaired) electrons. The molecule has 0 spiro atoms. The number of nitrogens with one attached hydrogen (secondary N) is 2. The maximum Gasteiger partial charge on any atom is 0.258 e. The van der Waals surface area contributed by atoms with Crippen LogP contribution < -0.4 is 15.5 Å². The van der Waals surface area contributed by atoms with Crippen LogP contribution in [-0.2, 0) is 19.9 Å². The quantitative estimate of drug-likeness (QED) is 0.720. The zero-order valence-electron chi connectivity index (χ0n) is 17.5. The van der Waals surface area contributed by atoms with Crippen molar-refractivity contribution < 1.29 is 19.2 Å². The molecule has 0 aliphatic carbocycles. The minimum Gasteiger partial charge on any atom is -0.338 e.